The second-order valence-corrected chi connectivity index (χ2v) is 11.6. The van der Waals surface area contributed by atoms with Crippen molar-refractivity contribution in [2.45, 2.75) is 64.1 Å². The number of aromatic hydroxyl groups is 1. The van der Waals surface area contributed by atoms with E-state index in [1.807, 2.05) is 6.07 Å². The second-order valence-electron chi connectivity index (χ2n) is 11.6. The second kappa shape index (κ2) is 10.9. The maximum Gasteiger partial charge on any atom is 0.487 e. The minimum atomic E-state index is -1.09. The Morgan fingerprint density at radius 1 is 0.974 bits per heavy atom. The lowest BCUT2D eigenvalue weighted by molar-refractivity contribution is -0.144. The molecule has 8 heteroatoms. The number of phenolic OH excluding ortho intramolecular Hbond substituents is 1. The van der Waals surface area contributed by atoms with Crippen molar-refractivity contribution in [3.63, 3.8) is 0 Å². The Kier molecular flexibility index (Phi) is 7.36. The average Bonchev–Trinajstić information content (AvgIpc) is 3.19. The van der Waals surface area contributed by atoms with E-state index >= 15 is 0 Å². The number of likely N-dealkylation sites (tertiary alicyclic amines) is 2. The van der Waals surface area contributed by atoms with Crippen LogP contribution >= 0.6 is 0 Å². The van der Waals surface area contributed by atoms with Crippen LogP contribution in [0.15, 0.2) is 65.6 Å². The fourth-order valence-corrected chi connectivity index (χ4v) is 7.41. The molecule has 1 aliphatic carbocycles. The molecule has 0 radical (unpaired) electrons. The fraction of sp³-hybridized carbons (Fsp3) is 0.484. The van der Waals surface area contributed by atoms with Crippen molar-refractivity contribution in [3.05, 3.63) is 76.8 Å². The van der Waals surface area contributed by atoms with E-state index in [1.165, 1.54) is 5.56 Å². The quantitative estimate of drug-likeness (QED) is 0.431. The molecule has 0 spiro atoms. The summed E-state index contributed by atoms with van der Waals surface area (Å²) >= 11 is 0. The van der Waals surface area contributed by atoms with Gasteiger partial charge in [0.25, 0.3) is 0 Å². The molecule has 2 aromatic carbocycles. The summed E-state index contributed by atoms with van der Waals surface area (Å²) in [7, 11) is -1.09. The highest BCUT2D eigenvalue weighted by molar-refractivity contribution is 6.53. The summed E-state index contributed by atoms with van der Waals surface area (Å²) in [6, 6.07) is 17.1. The first-order valence-corrected chi connectivity index (χ1v) is 14.4. The predicted octanol–water partition coefficient (Wildman–Crippen LogP) is 4.26. The molecular weight excluding hydrogens is 491 g/mol. The van der Waals surface area contributed by atoms with E-state index in [0.29, 0.717) is 12.8 Å². The SMILES string of the molecule is CCCC1=C2B(O)O[C@H](c3ccc(O)cc3)C[C@H]2[C@H]2C(=O)N(C3CCN(Cc4ccccc4)CC3)C(=O)[C@H]2C1. The van der Waals surface area contributed by atoms with Crippen molar-refractivity contribution >= 4 is 18.9 Å². The molecule has 2 N–H and O–H groups in total. The molecule has 0 unspecified atom stereocenters. The number of fused-ring (bicyclic) bond motifs is 3. The van der Waals surface area contributed by atoms with Crippen molar-refractivity contribution < 1.29 is 24.4 Å². The van der Waals surface area contributed by atoms with Gasteiger partial charge in [0.05, 0.1) is 17.9 Å². The Morgan fingerprint density at radius 3 is 2.38 bits per heavy atom. The monoisotopic (exact) mass is 528 g/mol. The molecule has 204 valence electrons. The largest absolute Gasteiger partial charge is 0.508 e. The van der Waals surface area contributed by atoms with E-state index in [9.17, 15) is 19.7 Å². The van der Waals surface area contributed by atoms with Gasteiger partial charge < -0.3 is 14.8 Å². The van der Waals surface area contributed by atoms with Gasteiger partial charge >= 0.3 is 7.12 Å². The highest BCUT2D eigenvalue weighted by Gasteiger charge is 2.58. The van der Waals surface area contributed by atoms with Crippen LogP contribution in [-0.2, 0) is 20.8 Å². The average molecular weight is 528 g/mol. The number of piperidine rings is 1. The first kappa shape index (κ1) is 26.3. The van der Waals surface area contributed by atoms with Gasteiger partial charge in [0.2, 0.25) is 11.8 Å². The molecule has 2 amide bonds. The molecule has 3 saturated heterocycles. The van der Waals surface area contributed by atoms with Gasteiger partial charge in [0, 0.05) is 25.7 Å². The van der Waals surface area contributed by atoms with Gasteiger partial charge in [-0.25, -0.2) is 0 Å². The highest BCUT2D eigenvalue weighted by Crippen LogP contribution is 2.52. The molecule has 3 aliphatic heterocycles. The molecule has 2 aromatic rings. The zero-order valence-corrected chi connectivity index (χ0v) is 22.5. The van der Waals surface area contributed by atoms with Crippen LogP contribution in [0, 0.1) is 17.8 Å². The van der Waals surface area contributed by atoms with Crippen LogP contribution in [0.1, 0.15) is 62.7 Å². The Hall–Kier alpha value is -2.94. The van der Waals surface area contributed by atoms with E-state index in [-0.39, 0.29) is 35.4 Å². The lowest BCUT2D eigenvalue weighted by atomic mass is 9.54. The van der Waals surface area contributed by atoms with Crippen LogP contribution in [0.2, 0.25) is 0 Å². The summed E-state index contributed by atoms with van der Waals surface area (Å²) in [6.07, 6.45) is 3.93. The Bertz CT molecular complexity index is 1240. The number of hydrogen-bond acceptors (Lipinski definition) is 6. The molecule has 3 fully saturated rings. The summed E-state index contributed by atoms with van der Waals surface area (Å²) in [5.74, 6) is -0.966. The van der Waals surface area contributed by atoms with Crippen molar-refractivity contribution in [3.8, 4) is 5.75 Å². The summed E-state index contributed by atoms with van der Waals surface area (Å²) < 4.78 is 6.07. The van der Waals surface area contributed by atoms with Crippen LogP contribution in [0.25, 0.3) is 0 Å². The van der Waals surface area contributed by atoms with Crippen LogP contribution < -0.4 is 0 Å². The molecule has 6 rings (SSSR count). The first-order chi connectivity index (χ1) is 18.9. The molecular formula is C31H37BN2O5. The van der Waals surface area contributed by atoms with Gasteiger partial charge in [-0.1, -0.05) is 61.4 Å². The number of nitrogens with zero attached hydrogens (tertiary/aromatic N) is 2. The lowest BCUT2D eigenvalue weighted by Gasteiger charge is -2.42. The Labute approximate surface area is 230 Å². The molecule has 0 bridgehead atoms. The standard InChI is InChI=1S/C31H37BN2O5/c1-2-6-22-17-26-28(25-18-27(39-32(38)29(22)25)21-9-11-24(35)12-10-21)31(37)34(30(26)36)23-13-15-33(16-14-23)19-20-7-4-3-5-8-20/h3-5,7-12,23,25-28,35,38H,2,6,13-19H2,1H3/t25-,26-,27-,28+/m0/s1. The zero-order chi connectivity index (χ0) is 27.1. The molecule has 4 atom stereocenters. The van der Waals surface area contributed by atoms with Crippen molar-refractivity contribution in [1.29, 1.82) is 0 Å². The van der Waals surface area contributed by atoms with E-state index in [2.05, 4.69) is 36.1 Å². The number of carbonyl (C=O) groups excluding carboxylic acids is 2. The van der Waals surface area contributed by atoms with E-state index < -0.39 is 19.1 Å². The number of benzene rings is 2. The highest BCUT2D eigenvalue weighted by atomic mass is 16.5. The number of amides is 2. The van der Waals surface area contributed by atoms with Gasteiger partial charge in [0.15, 0.2) is 0 Å². The zero-order valence-electron chi connectivity index (χ0n) is 22.5. The van der Waals surface area contributed by atoms with Crippen molar-refractivity contribution in [1.82, 2.24) is 9.80 Å². The first-order valence-electron chi connectivity index (χ1n) is 14.4. The van der Waals surface area contributed by atoms with Crippen LogP contribution in [0.4, 0.5) is 0 Å². The lowest BCUT2D eigenvalue weighted by Crippen LogP contribution is -2.48. The minimum Gasteiger partial charge on any atom is -0.508 e. The molecule has 0 saturated carbocycles. The summed E-state index contributed by atoms with van der Waals surface area (Å²) in [6.45, 7) is 4.69. The normalized spacial score (nSPS) is 28.2. The Balaban J connectivity index is 1.22. The maximum atomic E-state index is 14.0. The predicted molar refractivity (Wildman–Crippen MR) is 148 cm³/mol. The number of hydrogen-bond donors (Lipinski definition) is 2. The molecule has 39 heavy (non-hydrogen) atoms. The number of carbonyl (C=O) groups is 2. The van der Waals surface area contributed by atoms with Gasteiger partial charge in [-0.05, 0) is 66.8 Å². The smallest absolute Gasteiger partial charge is 0.487 e. The maximum absolute atomic E-state index is 14.0. The fourth-order valence-electron chi connectivity index (χ4n) is 7.41. The summed E-state index contributed by atoms with van der Waals surface area (Å²) in [5.41, 5.74) is 4.04. The summed E-state index contributed by atoms with van der Waals surface area (Å²) in [4.78, 5) is 31.9. The summed E-state index contributed by atoms with van der Waals surface area (Å²) in [5, 5.41) is 20.9. The van der Waals surface area contributed by atoms with Crippen LogP contribution in [0.3, 0.4) is 0 Å². The van der Waals surface area contributed by atoms with Crippen LogP contribution in [-0.4, -0.2) is 58.0 Å². The molecule has 3 heterocycles. The third-order valence-electron chi connectivity index (χ3n) is 9.23. The van der Waals surface area contributed by atoms with Crippen molar-refractivity contribution in [2.75, 3.05) is 13.1 Å². The molecule has 7 nitrogen and oxygen atoms in total. The van der Waals surface area contributed by atoms with Gasteiger partial charge in [0.1, 0.15) is 5.75 Å². The third-order valence-corrected chi connectivity index (χ3v) is 9.23. The van der Waals surface area contributed by atoms with Gasteiger partial charge in [-0.3, -0.25) is 19.4 Å². The van der Waals surface area contributed by atoms with Gasteiger partial charge in [-0.2, -0.15) is 0 Å². The Morgan fingerprint density at radius 2 is 1.69 bits per heavy atom. The van der Waals surface area contributed by atoms with E-state index in [4.69, 9.17) is 4.65 Å². The van der Waals surface area contributed by atoms with E-state index in [0.717, 1.165) is 61.9 Å². The molecule has 0 aromatic heterocycles. The third kappa shape index (κ3) is 4.94. The van der Waals surface area contributed by atoms with Gasteiger partial charge in [-0.15, -0.1) is 0 Å². The number of rotatable bonds is 6. The number of allylic oxidation sites excluding steroid dienone is 2. The number of phenols is 1. The number of imide groups is 1. The molecule has 4 aliphatic rings. The minimum absolute atomic E-state index is 0.0265. The van der Waals surface area contributed by atoms with Crippen LogP contribution in [0.5, 0.6) is 5.75 Å². The van der Waals surface area contributed by atoms with E-state index in [1.54, 1.807) is 29.2 Å². The van der Waals surface area contributed by atoms with Crippen molar-refractivity contribution in [2.24, 2.45) is 17.8 Å². The topological polar surface area (TPSA) is 90.3 Å².